The van der Waals surface area contributed by atoms with E-state index in [9.17, 15) is 4.79 Å². The molecule has 7 heteroatoms. The maximum atomic E-state index is 12.1. The normalized spacial score (nSPS) is 10.3. The van der Waals surface area contributed by atoms with Gasteiger partial charge in [0.2, 0.25) is 0 Å². The minimum absolute atomic E-state index is 0.143. The quantitative estimate of drug-likeness (QED) is 0.743. The highest BCUT2D eigenvalue weighted by Crippen LogP contribution is 2.28. The van der Waals surface area contributed by atoms with Crippen LogP contribution in [0.3, 0.4) is 0 Å². The summed E-state index contributed by atoms with van der Waals surface area (Å²) >= 11 is 0. The lowest BCUT2D eigenvalue weighted by Crippen LogP contribution is -2.20. The minimum atomic E-state index is -0.276. The number of nitrogens with zero attached hydrogens (tertiary/aromatic N) is 2. The molecule has 0 unspecified atom stereocenters. The zero-order valence-electron chi connectivity index (χ0n) is 13.9. The second-order valence-electron chi connectivity index (χ2n) is 5.21. The molecule has 7 nitrogen and oxygen atoms in total. The van der Waals surface area contributed by atoms with Crippen LogP contribution in [0.4, 0.5) is 5.69 Å². The molecule has 0 fully saturated rings. The molecule has 0 radical (unpaired) electrons. The number of para-hydroxylation sites is 1. The third-order valence-electron chi connectivity index (χ3n) is 3.38. The maximum Gasteiger partial charge on any atom is 0.262 e. The van der Waals surface area contributed by atoms with Gasteiger partial charge in [-0.2, -0.15) is 4.98 Å². The van der Waals surface area contributed by atoms with Gasteiger partial charge < -0.3 is 19.3 Å². The Morgan fingerprint density at radius 1 is 1.16 bits per heavy atom. The van der Waals surface area contributed by atoms with Crippen LogP contribution in [-0.2, 0) is 4.79 Å². The third-order valence-corrected chi connectivity index (χ3v) is 3.38. The van der Waals surface area contributed by atoms with Gasteiger partial charge in [-0.05, 0) is 43.3 Å². The van der Waals surface area contributed by atoms with Crippen molar-refractivity contribution in [3.8, 4) is 23.0 Å². The molecule has 0 saturated carbocycles. The van der Waals surface area contributed by atoms with Gasteiger partial charge in [0, 0.05) is 5.69 Å². The Hall–Kier alpha value is -3.35. The second kappa shape index (κ2) is 7.48. The zero-order chi connectivity index (χ0) is 17.6. The van der Waals surface area contributed by atoms with E-state index in [0.29, 0.717) is 28.7 Å². The van der Waals surface area contributed by atoms with Crippen LogP contribution in [0.2, 0.25) is 0 Å². The standard InChI is InChI=1S/C18H17N3O4/c1-12-19-18(25-21-12)15-5-3-4-6-16(15)24-11-17(22)20-13-7-9-14(23-2)10-8-13/h3-10H,11H2,1-2H3,(H,20,22). The summed E-state index contributed by atoms with van der Waals surface area (Å²) in [6.45, 7) is 1.59. The van der Waals surface area contributed by atoms with Crippen molar-refractivity contribution in [2.75, 3.05) is 19.0 Å². The number of amides is 1. The maximum absolute atomic E-state index is 12.1. The van der Waals surface area contributed by atoms with Crippen molar-refractivity contribution in [2.45, 2.75) is 6.92 Å². The van der Waals surface area contributed by atoms with Crippen LogP contribution in [0.25, 0.3) is 11.5 Å². The number of carbonyl (C=O) groups excluding carboxylic acids is 1. The molecule has 0 spiro atoms. The fourth-order valence-corrected chi connectivity index (χ4v) is 2.19. The molecule has 3 aromatic rings. The smallest absolute Gasteiger partial charge is 0.262 e. The summed E-state index contributed by atoms with van der Waals surface area (Å²) in [4.78, 5) is 16.3. The SMILES string of the molecule is COc1ccc(NC(=O)COc2ccccc2-c2nc(C)no2)cc1. The summed E-state index contributed by atoms with van der Waals surface area (Å²) in [6, 6.07) is 14.2. The number of aromatic nitrogens is 2. The summed E-state index contributed by atoms with van der Waals surface area (Å²) in [7, 11) is 1.59. The van der Waals surface area contributed by atoms with E-state index < -0.39 is 0 Å². The molecule has 2 aromatic carbocycles. The lowest BCUT2D eigenvalue weighted by Gasteiger charge is -2.10. The predicted octanol–water partition coefficient (Wildman–Crippen LogP) is 3.07. The summed E-state index contributed by atoms with van der Waals surface area (Å²) in [5.74, 6) is 1.82. The molecule has 0 atom stereocenters. The molecule has 1 heterocycles. The van der Waals surface area contributed by atoms with Gasteiger partial charge in [0.25, 0.3) is 11.8 Å². The van der Waals surface area contributed by atoms with Crippen molar-refractivity contribution in [1.82, 2.24) is 10.1 Å². The first kappa shape index (κ1) is 16.5. The highest BCUT2D eigenvalue weighted by Gasteiger charge is 2.13. The fourth-order valence-electron chi connectivity index (χ4n) is 2.19. The van der Waals surface area contributed by atoms with E-state index in [4.69, 9.17) is 14.0 Å². The van der Waals surface area contributed by atoms with Gasteiger partial charge in [-0.1, -0.05) is 17.3 Å². The van der Waals surface area contributed by atoms with Gasteiger partial charge in [0.1, 0.15) is 11.5 Å². The monoisotopic (exact) mass is 339 g/mol. The van der Waals surface area contributed by atoms with Crippen LogP contribution in [0.1, 0.15) is 5.82 Å². The van der Waals surface area contributed by atoms with Crippen LogP contribution >= 0.6 is 0 Å². The predicted molar refractivity (Wildman–Crippen MR) is 91.6 cm³/mol. The van der Waals surface area contributed by atoms with E-state index in [1.165, 1.54) is 0 Å². The minimum Gasteiger partial charge on any atom is -0.497 e. The highest BCUT2D eigenvalue weighted by molar-refractivity contribution is 5.92. The van der Waals surface area contributed by atoms with Gasteiger partial charge in [-0.15, -0.1) is 0 Å². The highest BCUT2D eigenvalue weighted by atomic mass is 16.5. The molecule has 0 aliphatic heterocycles. The number of rotatable bonds is 6. The van der Waals surface area contributed by atoms with Crippen molar-refractivity contribution in [3.63, 3.8) is 0 Å². The Kier molecular flexibility index (Phi) is 4.94. The molecule has 1 N–H and O–H groups in total. The van der Waals surface area contributed by atoms with Crippen LogP contribution in [0, 0.1) is 6.92 Å². The largest absolute Gasteiger partial charge is 0.497 e. The zero-order valence-corrected chi connectivity index (χ0v) is 13.9. The van der Waals surface area contributed by atoms with E-state index in [1.54, 1.807) is 50.4 Å². The van der Waals surface area contributed by atoms with Crippen molar-refractivity contribution in [2.24, 2.45) is 0 Å². The number of ether oxygens (including phenoxy) is 2. The lowest BCUT2D eigenvalue weighted by molar-refractivity contribution is -0.118. The van der Waals surface area contributed by atoms with Crippen LogP contribution in [0.15, 0.2) is 53.1 Å². The first-order valence-corrected chi connectivity index (χ1v) is 7.62. The molecule has 1 aromatic heterocycles. The van der Waals surface area contributed by atoms with E-state index >= 15 is 0 Å². The lowest BCUT2D eigenvalue weighted by atomic mass is 10.2. The molecular weight excluding hydrogens is 322 g/mol. The number of benzene rings is 2. The van der Waals surface area contributed by atoms with Gasteiger partial charge in [0.05, 0.1) is 12.7 Å². The van der Waals surface area contributed by atoms with Crippen molar-refractivity contribution in [1.29, 1.82) is 0 Å². The molecular formula is C18H17N3O4. The Morgan fingerprint density at radius 3 is 2.60 bits per heavy atom. The fraction of sp³-hybridized carbons (Fsp3) is 0.167. The van der Waals surface area contributed by atoms with Crippen molar-refractivity contribution in [3.05, 3.63) is 54.4 Å². The molecule has 3 rings (SSSR count). The van der Waals surface area contributed by atoms with E-state index in [0.717, 1.165) is 5.75 Å². The number of hydrogen-bond donors (Lipinski definition) is 1. The summed E-state index contributed by atoms with van der Waals surface area (Å²) in [5, 5.41) is 6.52. The van der Waals surface area contributed by atoms with Crippen LogP contribution in [-0.4, -0.2) is 29.8 Å². The average molecular weight is 339 g/mol. The molecule has 1 amide bonds. The third kappa shape index (κ3) is 4.14. The van der Waals surface area contributed by atoms with Crippen LogP contribution in [0.5, 0.6) is 11.5 Å². The number of aryl methyl sites for hydroxylation is 1. The van der Waals surface area contributed by atoms with Gasteiger partial charge in [-0.3, -0.25) is 4.79 Å². The number of anilines is 1. The number of hydrogen-bond acceptors (Lipinski definition) is 6. The molecule has 0 bridgehead atoms. The first-order chi connectivity index (χ1) is 12.2. The Labute approximate surface area is 144 Å². The van der Waals surface area contributed by atoms with Gasteiger partial charge in [-0.25, -0.2) is 0 Å². The average Bonchev–Trinajstić information content (AvgIpc) is 3.07. The number of carbonyl (C=O) groups is 1. The van der Waals surface area contributed by atoms with Crippen molar-refractivity contribution >= 4 is 11.6 Å². The molecule has 128 valence electrons. The van der Waals surface area contributed by atoms with Gasteiger partial charge in [0.15, 0.2) is 12.4 Å². The van der Waals surface area contributed by atoms with E-state index in [1.807, 2.05) is 12.1 Å². The molecule has 0 aliphatic carbocycles. The summed E-state index contributed by atoms with van der Waals surface area (Å²) < 4.78 is 15.9. The van der Waals surface area contributed by atoms with E-state index in [2.05, 4.69) is 15.5 Å². The number of nitrogens with one attached hydrogen (secondary N) is 1. The molecule has 0 saturated heterocycles. The molecule has 0 aliphatic rings. The Bertz CT molecular complexity index is 859. The van der Waals surface area contributed by atoms with E-state index in [-0.39, 0.29) is 12.5 Å². The van der Waals surface area contributed by atoms with Gasteiger partial charge >= 0.3 is 0 Å². The number of methoxy groups -OCH3 is 1. The first-order valence-electron chi connectivity index (χ1n) is 7.62. The Balaban J connectivity index is 1.64. The van der Waals surface area contributed by atoms with Crippen LogP contribution < -0.4 is 14.8 Å². The second-order valence-corrected chi connectivity index (χ2v) is 5.21. The molecule has 25 heavy (non-hydrogen) atoms. The van der Waals surface area contributed by atoms with Crippen molar-refractivity contribution < 1.29 is 18.8 Å². The Morgan fingerprint density at radius 2 is 1.92 bits per heavy atom. The summed E-state index contributed by atoms with van der Waals surface area (Å²) in [5.41, 5.74) is 1.30. The summed E-state index contributed by atoms with van der Waals surface area (Å²) in [6.07, 6.45) is 0. The topological polar surface area (TPSA) is 86.5 Å².